The summed E-state index contributed by atoms with van der Waals surface area (Å²) in [6.07, 6.45) is 1.93. The van der Waals surface area contributed by atoms with Gasteiger partial charge in [-0.05, 0) is 25.1 Å². The molecule has 0 aliphatic heterocycles. The van der Waals surface area contributed by atoms with Gasteiger partial charge in [-0.1, -0.05) is 42.5 Å². The van der Waals surface area contributed by atoms with Gasteiger partial charge in [0.15, 0.2) is 5.82 Å². The number of aryl methyl sites for hydroxylation is 1. The maximum Gasteiger partial charge on any atom is 0.262 e. The lowest BCUT2D eigenvalue weighted by Crippen LogP contribution is -2.23. The molecular formula is C21H18N6O. The highest BCUT2D eigenvalue weighted by atomic mass is 16.1. The highest BCUT2D eigenvalue weighted by Gasteiger charge is 2.16. The van der Waals surface area contributed by atoms with Gasteiger partial charge in [-0.25, -0.2) is 0 Å². The Morgan fingerprint density at radius 2 is 1.71 bits per heavy atom. The molecule has 0 spiro atoms. The van der Waals surface area contributed by atoms with E-state index in [1.54, 1.807) is 4.57 Å². The molecule has 0 fully saturated rings. The number of rotatable bonds is 4. The Kier molecular flexibility index (Phi) is 3.79. The van der Waals surface area contributed by atoms with E-state index in [-0.39, 0.29) is 5.56 Å². The lowest BCUT2D eigenvalue weighted by Gasteiger charge is -2.09. The van der Waals surface area contributed by atoms with Crippen molar-refractivity contribution in [3.63, 3.8) is 0 Å². The topological polar surface area (TPSA) is 70.0 Å². The Bertz CT molecular complexity index is 1350. The van der Waals surface area contributed by atoms with E-state index in [0.717, 1.165) is 22.6 Å². The fourth-order valence-electron chi connectivity index (χ4n) is 3.56. The van der Waals surface area contributed by atoms with Crippen molar-refractivity contribution in [2.75, 3.05) is 0 Å². The molecular weight excluding hydrogens is 352 g/mol. The van der Waals surface area contributed by atoms with Crippen molar-refractivity contribution in [1.29, 1.82) is 0 Å². The predicted molar refractivity (Wildman–Crippen MR) is 107 cm³/mol. The van der Waals surface area contributed by atoms with Crippen molar-refractivity contribution in [2.45, 2.75) is 20.0 Å². The van der Waals surface area contributed by atoms with Gasteiger partial charge < -0.3 is 0 Å². The SMILES string of the molecule is CCn1c(=O)c2ccccc2n2c(Cn3ccc(-c4ccccc4)n3)nnc12. The number of fused-ring (bicyclic) bond motifs is 3. The summed E-state index contributed by atoms with van der Waals surface area (Å²) in [6, 6.07) is 19.6. The first-order chi connectivity index (χ1) is 13.8. The van der Waals surface area contributed by atoms with Crippen LogP contribution in [0.5, 0.6) is 0 Å². The summed E-state index contributed by atoms with van der Waals surface area (Å²) >= 11 is 0. The molecule has 0 aliphatic carbocycles. The van der Waals surface area contributed by atoms with Gasteiger partial charge in [-0.15, -0.1) is 10.2 Å². The van der Waals surface area contributed by atoms with E-state index in [9.17, 15) is 4.79 Å². The molecule has 0 radical (unpaired) electrons. The molecule has 7 heteroatoms. The maximum absolute atomic E-state index is 12.8. The Labute approximate surface area is 160 Å². The molecule has 0 amide bonds. The van der Waals surface area contributed by atoms with Crippen LogP contribution >= 0.6 is 0 Å². The lowest BCUT2D eigenvalue weighted by molar-refractivity contribution is 0.652. The third-order valence-corrected chi connectivity index (χ3v) is 4.90. The standard InChI is InChI=1S/C21H18N6O/c1-2-26-20(28)16-10-6-7-11-18(16)27-19(22-23-21(26)27)14-25-13-12-17(24-25)15-8-4-3-5-9-15/h3-13H,2,14H2,1H3. The van der Waals surface area contributed by atoms with Gasteiger partial charge >= 0.3 is 0 Å². The quantitative estimate of drug-likeness (QED) is 0.488. The molecule has 3 aromatic heterocycles. The van der Waals surface area contributed by atoms with Gasteiger partial charge in [0.1, 0.15) is 6.54 Å². The molecule has 3 heterocycles. The van der Waals surface area contributed by atoms with Gasteiger partial charge in [-0.3, -0.25) is 18.4 Å². The summed E-state index contributed by atoms with van der Waals surface area (Å²) in [5.74, 6) is 1.28. The average molecular weight is 370 g/mol. The highest BCUT2D eigenvalue weighted by Crippen LogP contribution is 2.18. The van der Waals surface area contributed by atoms with Crippen LogP contribution in [0.25, 0.3) is 27.9 Å². The van der Waals surface area contributed by atoms with Crippen LogP contribution < -0.4 is 5.56 Å². The van der Waals surface area contributed by atoms with Gasteiger partial charge in [0.2, 0.25) is 5.78 Å². The van der Waals surface area contributed by atoms with Crippen LogP contribution in [0.4, 0.5) is 0 Å². The van der Waals surface area contributed by atoms with E-state index in [1.807, 2.05) is 82.9 Å². The van der Waals surface area contributed by atoms with E-state index < -0.39 is 0 Å². The molecule has 7 nitrogen and oxygen atoms in total. The van der Waals surface area contributed by atoms with Crippen LogP contribution in [-0.4, -0.2) is 28.9 Å². The van der Waals surface area contributed by atoms with Gasteiger partial charge in [0.25, 0.3) is 5.56 Å². The summed E-state index contributed by atoms with van der Waals surface area (Å²) in [6.45, 7) is 2.93. The first-order valence-electron chi connectivity index (χ1n) is 9.20. The van der Waals surface area contributed by atoms with E-state index in [1.165, 1.54) is 0 Å². The zero-order chi connectivity index (χ0) is 19.1. The first kappa shape index (κ1) is 16.4. The smallest absolute Gasteiger partial charge is 0.262 e. The molecule has 5 rings (SSSR count). The van der Waals surface area contributed by atoms with Crippen molar-refractivity contribution in [3.8, 4) is 11.3 Å². The normalized spacial score (nSPS) is 11.5. The maximum atomic E-state index is 12.8. The van der Waals surface area contributed by atoms with E-state index in [2.05, 4.69) is 15.3 Å². The van der Waals surface area contributed by atoms with Crippen LogP contribution in [-0.2, 0) is 13.1 Å². The minimum atomic E-state index is -0.0463. The summed E-state index contributed by atoms with van der Waals surface area (Å²) in [5, 5.41) is 14.0. The number of benzene rings is 2. The Balaban J connectivity index is 1.64. The van der Waals surface area contributed by atoms with Gasteiger partial charge in [-0.2, -0.15) is 5.10 Å². The monoisotopic (exact) mass is 370 g/mol. The Morgan fingerprint density at radius 3 is 2.54 bits per heavy atom. The summed E-state index contributed by atoms with van der Waals surface area (Å²) < 4.78 is 5.44. The molecule has 0 saturated heterocycles. The van der Waals surface area contributed by atoms with E-state index in [4.69, 9.17) is 0 Å². The van der Waals surface area contributed by atoms with Crippen molar-refractivity contribution in [1.82, 2.24) is 28.9 Å². The molecule has 0 bridgehead atoms. The van der Waals surface area contributed by atoms with E-state index in [0.29, 0.717) is 24.3 Å². The summed E-state index contributed by atoms with van der Waals surface area (Å²) in [7, 11) is 0. The first-order valence-corrected chi connectivity index (χ1v) is 9.20. The number of para-hydroxylation sites is 1. The molecule has 2 aromatic carbocycles. The van der Waals surface area contributed by atoms with Crippen molar-refractivity contribution in [2.24, 2.45) is 0 Å². The van der Waals surface area contributed by atoms with Crippen LogP contribution in [0.15, 0.2) is 71.7 Å². The van der Waals surface area contributed by atoms with Crippen LogP contribution in [0.2, 0.25) is 0 Å². The number of hydrogen-bond acceptors (Lipinski definition) is 4. The second-order valence-electron chi connectivity index (χ2n) is 6.58. The van der Waals surface area contributed by atoms with Crippen LogP contribution in [0, 0.1) is 0 Å². The third-order valence-electron chi connectivity index (χ3n) is 4.90. The molecule has 0 saturated carbocycles. The second-order valence-corrected chi connectivity index (χ2v) is 6.58. The Morgan fingerprint density at radius 1 is 0.929 bits per heavy atom. The Hall–Kier alpha value is -3.74. The fourth-order valence-corrected chi connectivity index (χ4v) is 3.56. The zero-order valence-corrected chi connectivity index (χ0v) is 15.4. The summed E-state index contributed by atoms with van der Waals surface area (Å²) in [4.78, 5) is 12.8. The molecule has 28 heavy (non-hydrogen) atoms. The van der Waals surface area contributed by atoms with Crippen molar-refractivity contribution >= 4 is 16.7 Å². The zero-order valence-electron chi connectivity index (χ0n) is 15.4. The fraction of sp³-hybridized carbons (Fsp3) is 0.143. The third kappa shape index (κ3) is 2.51. The van der Waals surface area contributed by atoms with Gasteiger partial charge in [0.05, 0.1) is 16.6 Å². The highest BCUT2D eigenvalue weighted by molar-refractivity contribution is 5.80. The average Bonchev–Trinajstić information content (AvgIpc) is 3.37. The minimum absolute atomic E-state index is 0.0463. The second kappa shape index (κ2) is 6.45. The van der Waals surface area contributed by atoms with Gasteiger partial charge in [0, 0.05) is 18.3 Å². The molecule has 0 unspecified atom stereocenters. The lowest BCUT2D eigenvalue weighted by atomic mass is 10.2. The van der Waals surface area contributed by atoms with Crippen LogP contribution in [0.3, 0.4) is 0 Å². The predicted octanol–water partition coefficient (Wildman–Crippen LogP) is 2.98. The molecule has 0 atom stereocenters. The number of nitrogens with zero attached hydrogens (tertiary/aromatic N) is 6. The van der Waals surface area contributed by atoms with Crippen molar-refractivity contribution < 1.29 is 0 Å². The largest absolute Gasteiger partial charge is 0.277 e. The van der Waals surface area contributed by atoms with Crippen LogP contribution in [0.1, 0.15) is 12.7 Å². The van der Waals surface area contributed by atoms with Crippen molar-refractivity contribution in [3.05, 3.63) is 83.0 Å². The number of aromatic nitrogens is 6. The molecule has 5 aromatic rings. The number of hydrogen-bond donors (Lipinski definition) is 0. The molecule has 0 aliphatic rings. The van der Waals surface area contributed by atoms with E-state index >= 15 is 0 Å². The molecule has 138 valence electrons. The minimum Gasteiger partial charge on any atom is -0.277 e. The summed E-state index contributed by atoms with van der Waals surface area (Å²) in [5.41, 5.74) is 2.74. The molecule has 0 N–H and O–H groups in total.